The van der Waals surface area contributed by atoms with Crippen LogP contribution in [0.2, 0.25) is 0 Å². The van der Waals surface area contributed by atoms with Gasteiger partial charge in [-0.15, -0.1) is 0 Å². The van der Waals surface area contributed by atoms with Gasteiger partial charge in [0.1, 0.15) is 5.75 Å². The van der Waals surface area contributed by atoms with E-state index < -0.39 is 5.97 Å². The third kappa shape index (κ3) is 3.62. The average molecular weight is 308 g/mol. The first-order valence-electron chi connectivity index (χ1n) is 7.91. The molecule has 1 N–H and O–H groups in total. The minimum atomic E-state index is -0.900. The van der Waals surface area contributed by atoms with E-state index in [2.05, 4.69) is 31.2 Å². The summed E-state index contributed by atoms with van der Waals surface area (Å²) in [5.74, 6) is 0.105. The summed E-state index contributed by atoms with van der Waals surface area (Å²) in [6.45, 7) is 2.88. The van der Waals surface area contributed by atoms with Gasteiger partial charge in [0.05, 0.1) is 12.2 Å². The lowest BCUT2D eigenvalue weighted by Gasteiger charge is -2.10. The van der Waals surface area contributed by atoms with Gasteiger partial charge >= 0.3 is 5.97 Å². The van der Waals surface area contributed by atoms with Crippen molar-refractivity contribution in [2.24, 2.45) is 0 Å². The van der Waals surface area contributed by atoms with Gasteiger partial charge in [-0.25, -0.2) is 4.79 Å². The fourth-order valence-corrected chi connectivity index (χ4v) is 2.82. The molecule has 0 fully saturated rings. The fraction of sp³-hybridized carbons (Fsp3) is 0.250. The number of carbonyl (C=O) groups is 1. The average Bonchev–Trinajstić information content (AvgIpc) is 2.79. The van der Waals surface area contributed by atoms with Gasteiger partial charge in [0.25, 0.3) is 0 Å². The van der Waals surface area contributed by atoms with Crippen molar-refractivity contribution < 1.29 is 14.6 Å². The Hall–Kier alpha value is -2.55. The molecule has 1 aliphatic heterocycles. The number of rotatable bonds is 3. The van der Waals surface area contributed by atoms with Gasteiger partial charge in [-0.05, 0) is 72.7 Å². The molecule has 0 saturated carbocycles. The quantitative estimate of drug-likeness (QED) is 0.839. The fourth-order valence-electron chi connectivity index (χ4n) is 2.82. The highest BCUT2D eigenvalue weighted by Crippen LogP contribution is 2.28. The van der Waals surface area contributed by atoms with Gasteiger partial charge in [0, 0.05) is 0 Å². The Morgan fingerprint density at radius 1 is 1.09 bits per heavy atom. The monoisotopic (exact) mass is 308 g/mol. The minimum absolute atomic E-state index is 0.307. The van der Waals surface area contributed by atoms with Crippen molar-refractivity contribution in [3.05, 3.63) is 64.7 Å². The third-order valence-electron chi connectivity index (χ3n) is 4.15. The van der Waals surface area contributed by atoms with Gasteiger partial charge in [0.15, 0.2) is 0 Å². The van der Waals surface area contributed by atoms with Gasteiger partial charge < -0.3 is 9.84 Å². The molecule has 2 aromatic rings. The molecule has 0 amide bonds. The van der Waals surface area contributed by atoms with Gasteiger partial charge in [-0.3, -0.25) is 0 Å². The topological polar surface area (TPSA) is 46.5 Å². The normalized spacial score (nSPS) is 14.6. The Balaban J connectivity index is 1.85. The summed E-state index contributed by atoms with van der Waals surface area (Å²) in [6, 6.07) is 13.3. The SMILES string of the molecule is C/C(=C\c1ccc(C(=O)O)cc1)c1ccc2c(c1)CCCCO2. The first-order valence-corrected chi connectivity index (χ1v) is 7.91. The summed E-state index contributed by atoms with van der Waals surface area (Å²) >= 11 is 0. The number of hydrogen-bond acceptors (Lipinski definition) is 2. The molecule has 0 unspecified atom stereocenters. The van der Waals surface area contributed by atoms with E-state index in [1.54, 1.807) is 12.1 Å². The van der Waals surface area contributed by atoms with E-state index in [9.17, 15) is 4.79 Å². The summed E-state index contributed by atoms with van der Waals surface area (Å²) in [5, 5.41) is 8.94. The zero-order chi connectivity index (χ0) is 16.2. The summed E-state index contributed by atoms with van der Waals surface area (Å²) in [5.41, 5.74) is 4.91. The molecule has 1 heterocycles. The van der Waals surface area contributed by atoms with Crippen LogP contribution in [0.25, 0.3) is 11.6 Å². The first-order chi connectivity index (χ1) is 11.1. The summed E-state index contributed by atoms with van der Waals surface area (Å²) in [6.07, 6.45) is 5.40. The van der Waals surface area contributed by atoms with Crippen LogP contribution in [0.3, 0.4) is 0 Å². The molecular formula is C20H20O3. The maximum Gasteiger partial charge on any atom is 0.335 e. The summed E-state index contributed by atoms with van der Waals surface area (Å²) in [7, 11) is 0. The van der Waals surface area contributed by atoms with Crippen LogP contribution in [-0.4, -0.2) is 17.7 Å². The van der Waals surface area contributed by atoms with Gasteiger partial charge in [0.2, 0.25) is 0 Å². The van der Waals surface area contributed by atoms with E-state index >= 15 is 0 Å². The summed E-state index contributed by atoms with van der Waals surface area (Å²) in [4.78, 5) is 10.9. The molecule has 3 nitrogen and oxygen atoms in total. The lowest BCUT2D eigenvalue weighted by molar-refractivity contribution is 0.0697. The molecule has 0 aromatic heterocycles. The second-order valence-electron chi connectivity index (χ2n) is 5.88. The Kier molecular flexibility index (Phi) is 4.47. The Labute approximate surface area is 136 Å². The molecule has 3 heteroatoms. The van der Waals surface area contributed by atoms with Crippen LogP contribution in [0.15, 0.2) is 42.5 Å². The van der Waals surface area contributed by atoms with Crippen LogP contribution in [0.1, 0.15) is 46.8 Å². The van der Waals surface area contributed by atoms with E-state index in [1.807, 2.05) is 12.1 Å². The molecule has 0 saturated heterocycles. The highest BCUT2D eigenvalue weighted by Gasteiger charge is 2.10. The number of fused-ring (bicyclic) bond motifs is 1. The predicted molar refractivity (Wildman–Crippen MR) is 91.8 cm³/mol. The molecule has 0 aliphatic carbocycles. The van der Waals surface area contributed by atoms with E-state index in [4.69, 9.17) is 9.84 Å². The molecule has 1 aliphatic rings. The molecular weight excluding hydrogens is 288 g/mol. The van der Waals surface area contributed by atoms with Crippen LogP contribution in [0, 0.1) is 0 Å². The number of hydrogen-bond donors (Lipinski definition) is 1. The smallest absolute Gasteiger partial charge is 0.335 e. The van der Waals surface area contributed by atoms with E-state index in [-0.39, 0.29) is 0 Å². The molecule has 0 radical (unpaired) electrons. The number of aromatic carboxylic acids is 1. The van der Waals surface area contributed by atoms with E-state index in [0.29, 0.717) is 5.56 Å². The number of allylic oxidation sites excluding steroid dienone is 1. The largest absolute Gasteiger partial charge is 0.493 e. The zero-order valence-corrected chi connectivity index (χ0v) is 13.2. The second-order valence-corrected chi connectivity index (χ2v) is 5.88. The van der Waals surface area contributed by atoms with Crippen molar-refractivity contribution in [2.75, 3.05) is 6.61 Å². The molecule has 0 bridgehead atoms. The van der Waals surface area contributed by atoms with Crippen LogP contribution in [0.5, 0.6) is 5.75 Å². The first kappa shape index (κ1) is 15.3. The van der Waals surface area contributed by atoms with Gasteiger partial charge in [-0.2, -0.15) is 0 Å². The minimum Gasteiger partial charge on any atom is -0.493 e. The van der Waals surface area contributed by atoms with Crippen LogP contribution < -0.4 is 4.74 Å². The number of ether oxygens (including phenoxy) is 1. The van der Waals surface area contributed by atoms with Crippen molar-refractivity contribution in [3.63, 3.8) is 0 Å². The van der Waals surface area contributed by atoms with Crippen molar-refractivity contribution >= 4 is 17.6 Å². The van der Waals surface area contributed by atoms with E-state index in [1.165, 1.54) is 11.1 Å². The lowest BCUT2D eigenvalue weighted by atomic mass is 9.99. The summed E-state index contributed by atoms with van der Waals surface area (Å²) < 4.78 is 5.76. The number of aryl methyl sites for hydroxylation is 1. The molecule has 0 atom stereocenters. The predicted octanol–water partition coefficient (Wildman–Crippen LogP) is 4.66. The standard InChI is InChI=1S/C20H20O3/c1-14(12-15-5-7-16(8-6-15)20(21)22)17-9-10-19-18(13-17)4-2-3-11-23-19/h5-10,12-13H,2-4,11H2,1H3,(H,21,22)/b14-12+. The number of carboxylic acids is 1. The third-order valence-corrected chi connectivity index (χ3v) is 4.15. The molecule has 23 heavy (non-hydrogen) atoms. The molecule has 0 spiro atoms. The van der Waals surface area contributed by atoms with Crippen molar-refractivity contribution in [3.8, 4) is 5.75 Å². The highest BCUT2D eigenvalue weighted by atomic mass is 16.5. The maximum absolute atomic E-state index is 10.9. The Morgan fingerprint density at radius 2 is 1.83 bits per heavy atom. The molecule has 2 aromatic carbocycles. The van der Waals surface area contributed by atoms with Crippen molar-refractivity contribution in [1.29, 1.82) is 0 Å². The van der Waals surface area contributed by atoms with Crippen molar-refractivity contribution in [2.45, 2.75) is 26.2 Å². The molecule has 118 valence electrons. The number of benzene rings is 2. The van der Waals surface area contributed by atoms with E-state index in [0.717, 1.165) is 42.8 Å². The second kappa shape index (κ2) is 6.69. The maximum atomic E-state index is 10.9. The van der Waals surface area contributed by atoms with Crippen LogP contribution in [0.4, 0.5) is 0 Å². The van der Waals surface area contributed by atoms with Crippen molar-refractivity contribution in [1.82, 2.24) is 0 Å². The Morgan fingerprint density at radius 3 is 2.57 bits per heavy atom. The zero-order valence-electron chi connectivity index (χ0n) is 13.2. The number of carboxylic acid groups (broad SMARTS) is 1. The molecule has 3 rings (SSSR count). The van der Waals surface area contributed by atoms with Crippen LogP contribution >= 0.6 is 0 Å². The lowest BCUT2D eigenvalue weighted by Crippen LogP contribution is -1.95. The highest BCUT2D eigenvalue weighted by molar-refractivity contribution is 5.88. The van der Waals surface area contributed by atoms with Crippen LogP contribution in [-0.2, 0) is 6.42 Å². The Bertz CT molecular complexity index is 742. The van der Waals surface area contributed by atoms with Gasteiger partial charge in [-0.1, -0.05) is 24.3 Å².